The average Bonchev–Trinajstić information content (AvgIpc) is 2.72. The van der Waals surface area contributed by atoms with Crippen LogP contribution in [0.25, 0.3) is 22.0 Å². The third kappa shape index (κ3) is 5.53. The van der Waals surface area contributed by atoms with Crippen molar-refractivity contribution >= 4 is 28.4 Å². The number of benzene rings is 2. The summed E-state index contributed by atoms with van der Waals surface area (Å²) >= 11 is 1.41. The predicted molar refractivity (Wildman–Crippen MR) is 114 cm³/mol. The monoisotopic (exact) mass is 395 g/mol. The Hall–Kier alpha value is -2.44. The van der Waals surface area contributed by atoms with E-state index in [0.717, 1.165) is 33.5 Å². The van der Waals surface area contributed by atoms with Gasteiger partial charge >= 0.3 is 0 Å². The van der Waals surface area contributed by atoms with Crippen LogP contribution < -0.4 is 5.32 Å². The van der Waals surface area contributed by atoms with Gasteiger partial charge in [0.1, 0.15) is 10.7 Å². The van der Waals surface area contributed by atoms with Gasteiger partial charge in [-0.15, -0.1) is 10.2 Å². The quantitative estimate of drug-likeness (QED) is 0.432. The van der Waals surface area contributed by atoms with E-state index in [0.29, 0.717) is 18.9 Å². The Morgan fingerprint density at radius 1 is 1.04 bits per heavy atom. The van der Waals surface area contributed by atoms with Crippen molar-refractivity contribution in [2.24, 2.45) is 0 Å². The molecule has 5 nitrogen and oxygen atoms in total. The topological polar surface area (TPSA) is 64.1 Å². The first-order chi connectivity index (χ1) is 13.6. The normalized spacial score (nSPS) is 11.1. The molecule has 28 heavy (non-hydrogen) atoms. The van der Waals surface area contributed by atoms with Crippen LogP contribution in [0.15, 0.2) is 59.6 Å². The molecule has 0 bridgehead atoms. The molecule has 0 saturated carbocycles. The largest absolute Gasteiger partial charge is 0.379 e. The summed E-state index contributed by atoms with van der Waals surface area (Å²) in [6.45, 7) is 5.28. The summed E-state index contributed by atoms with van der Waals surface area (Å²) in [4.78, 5) is 12.1. The van der Waals surface area contributed by atoms with E-state index in [-0.39, 0.29) is 12.0 Å². The third-order valence-electron chi connectivity index (χ3n) is 4.14. The van der Waals surface area contributed by atoms with Crippen molar-refractivity contribution in [3.63, 3.8) is 0 Å². The number of thioether (sulfide) groups is 1. The number of rotatable bonds is 9. The smallest absolute Gasteiger partial charge is 0.230 e. The number of ether oxygens (including phenoxy) is 1. The maximum Gasteiger partial charge on any atom is 0.230 e. The zero-order chi connectivity index (χ0) is 19.8. The van der Waals surface area contributed by atoms with Crippen molar-refractivity contribution in [1.82, 2.24) is 15.5 Å². The molecule has 146 valence electrons. The molecule has 0 aliphatic heterocycles. The van der Waals surface area contributed by atoms with E-state index >= 15 is 0 Å². The molecule has 0 atom stereocenters. The van der Waals surface area contributed by atoms with Crippen molar-refractivity contribution in [1.29, 1.82) is 0 Å². The molecule has 6 heteroatoms. The second-order valence-corrected chi connectivity index (χ2v) is 7.64. The van der Waals surface area contributed by atoms with Gasteiger partial charge in [0.25, 0.3) is 0 Å². The fourth-order valence-electron chi connectivity index (χ4n) is 2.80. The van der Waals surface area contributed by atoms with Crippen LogP contribution in [0.3, 0.4) is 0 Å². The number of fused-ring (bicyclic) bond motifs is 1. The number of carbonyl (C=O) groups excluding carboxylic acids is 1. The standard InChI is InChI=1S/C22H25N3O2S/c1-16(2)27-14-8-13-23-20(26)15-28-22-19-12-7-6-11-18(19)21(24-25-22)17-9-4-3-5-10-17/h3-7,9-12,16H,8,13-15H2,1-2H3,(H,23,26). The van der Waals surface area contributed by atoms with Crippen LogP contribution in [0.4, 0.5) is 0 Å². The van der Waals surface area contributed by atoms with Gasteiger partial charge in [0.2, 0.25) is 5.91 Å². The molecule has 0 spiro atoms. The number of nitrogens with zero attached hydrogens (tertiary/aromatic N) is 2. The van der Waals surface area contributed by atoms with E-state index in [2.05, 4.69) is 15.5 Å². The van der Waals surface area contributed by atoms with E-state index in [1.807, 2.05) is 68.4 Å². The number of hydrogen-bond acceptors (Lipinski definition) is 5. The molecule has 0 fully saturated rings. The van der Waals surface area contributed by atoms with Gasteiger partial charge in [-0.05, 0) is 20.3 Å². The summed E-state index contributed by atoms with van der Waals surface area (Å²) in [5.41, 5.74) is 1.89. The van der Waals surface area contributed by atoms with Crippen LogP contribution >= 0.6 is 11.8 Å². The van der Waals surface area contributed by atoms with Crippen molar-refractivity contribution in [2.45, 2.75) is 31.4 Å². The maximum absolute atomic E-state index is 12.1. The molecule has 0 aliphatic carbocycles. The second-order valence-electron chi connectivity index (χ2n) is 6.68. The summed E-state index contributed by atoms with van der Waals surface area (Å²) in [5.74, 6) is 0.307. The van der Waals surface area contributed by atoms with Gasteiger partial charge in [0, 0.05) is 29.5 Å². The van der Waals surface area contributed by atoms with Crippen molar-refractivity contribution in [3.8, 4) is 11.3 Å². The molecule has 0 unspecified atom stereocenters. The lowest BCUT2D eigenvalue weighted by Gasteiger charge is -2.10. The fourth-order valence-corrected chi connectivity index (χ4v) is 3.60. The molecule has 1 aromatic heterocycles. The summed E-state index contributed by atoms with van der Waals surface area (Å²) in [7, 11) is 0. The molecule has 2 aromatic carbocycles. The number of hydrogen-bond donors (Lipinski definition) is 1. The second kappa shape index (κ2) is 10.2. The predicted octanol–water partition coefficient (Wildman–Crippen LogP) is 4.32. The Morgan fingerprint density at radius 2 is 1.75 bits per heavy atom. The molecule has 0 aliphatic rings. The first kappa shape index (κ1) is 20.3. The highest BCUT2D eigenvalue weighted by atomic mass is 32.2. The average molecular weight is 396 g/mol. The van der Waals surface area contributed by atoms with Crippen LogP contribution in [0.1, 0.15) is 20.3 Å². The van der Waals surface area contributed by atoms with Gasteiger partial charge in [0.05, 0.1) is 11.9 Å². The van der Waals surface area contributed by atoms with Crippen molar-refractivity contribution in [2.75, 3.05) is 18.9 Å². The highest BCUT2D eigenvalue weighted by molar-refractivity contribution is 8.00. The van der Waals surface area contributed by atoms with E-state index < -0.39 is 0 Å². The fraction of sp³-hybridized carbons (Fsp3) is 0.318. The molecular weight excluding hydrogens is 370 g/mol. The highest BCUT2D eigenvalue weighted by Gasteiger charge is 2.12. The van der Waals surface area contributed by atoms with Gasteiger partial charge in [-0.3, -0.25) is 4.79 Å². The van der Waals surface area contributed by atoms with Crippen LogP contribution in [-0.4, -0.2) is 41.1 Å². The Kier molecular flexibility index (Phi) is 7.39. The third-order valence-corrected chi connectivity index (χ3v) is 5.12. The van der Waals surface area contributed by atoms with Crippen LogP contribution in [-0.2, 0) is 9.53 Å². The van der Waals surface area contributed by atoms with Crippen molar-refractivity contribution in [3.05, 3.63) is 54.6 Å². The van der Waals surface area contributed by atoms with Gasteiger partial charge in [-0.2, -0.15) is 0 Å². The van der Waals surface area contributed by atoms with Crippen molar-refractivity contribution < 1.29 is 9.53 Å². The van der Waals surface area contributed by atoms with Gasteiger partial charge in [-0.25, -0.2) is 0 Å². The van der Waals surface area contributed by atoms with Crippen LogP contribution in [0, 0.1) is 0 Å². The van der Waals surface area contributed by atoms with Crippen LogP contribution in [0.2, 0.25) is 0 Å². The maximum atomic E-state index is 12.1. The zero-order valence-electron chi connectivity index (χ0n) is 16.2. The first-order valence-corrected chi connectivity index (χ1v) is 10.5. The van der Waals surface area contributed by atoms with E-state index in [1.165, 1.54) is 11.8 Å². The molecule has 3 rings (SSSR count). The molecule has 1 amide bonds. The van der Waals surface area contributed by atoms with Gasteiger partial charge in [0.15, 0.2) is 0 Å². The minimum atomic E-state index is -0.00689. The Morgan fingerprint density at radius 3 is 2.50 bits per heavy atom. The summed E-state index contributed by atoms with van der Waals surface area (Å²) in [6.07, 6.45) is 1.03. The summed E-state index contributed by atoms with van der Waals surface area (Å²) < 4.78 is 5.47. The lowest BCUT2D eigenvalue weighted by Crippen LogP contribution is -2.27. The number of carbonyl (C=O) groups is 1. The van der Waals surface area contributed by atoms with Gasteiger partial charge < -0.3 is 10.1 Å². The number of nitrogens with one attached hydrogen (secondary N) is 1. The number of aromatic nitrogens is 2. The summed E-state index contributed by atoms with van der Waals surface area (Å²) in [5, 5.41) is 14.6. The lowest BCUT2D eigenvalue weighted by atomic mass is 10.1. The molecule has 1 heterocycles. The lowest BCUT2D eigenvalue weighted by molar-refractivity contribution is -0.118. The molecular formula is C22H25N3O2S. The first-order valence-electron chi connectivity index (χ1n) is 9.47. The SMILES string of the molecule is CC(C)OCCCNC(=O)CSc1nnc(-c2ccccc2)c2ccccc12. The summed E-state index contributed by atoms with van der Waals surface area (Å²) in [6, 6.07) is 18.1. The Bertz CT molecular complexity index is 916. The van der Waals surface area contributed by atoms with E-state index in [9.17, 15) is 4.79 Å². The minimum absolute atomic E-state index is 0.00689. The molecule has 1 N–H and O–H groups in total. The van der Waals surface area contributed by atoms with Crippen LogP contribution in [0.5, 0.6) is 0 Å². The minimum Gasteiger partial charge on any atom is -0.379 e. The Balaban J connectivity index is 1.64. The molecule has 0 radical (unpaired) electrons. The number of amides is 1. The molecule has 0 saturated heterocycles. The highest BCUT2D eigenvalue weighted by Crippen LogP contribution is 2.31. The zero-order valence-corrected chi connectivity index (χ0v) is 17.0. The van der Waals surface area contributed by atoms with E-state index in [1.54, 1.807) is 0 Å². The van der Waals surface area contributed by atoms with Gasteiger partial charge in [-0.1, -0.05) is 66.4 Å². The molecule has 3 aromatic rings. The Labute approximate surface area is 169 Å². The van der Waals surface area contributed by atoms with E-state index in [4.69, 9.17) is 4.74 Å².